The fourth-order valence-electron chi connectivity index (χ4n) is 1.24. The van der Waals surface area contributed by atoms with Gasteiger partial charge < -0.3 is 9.84 Å². The maximum Gasteiger partial charge on any atom is 0.339 e. The molecule has 0 amide bonds. The third kappa shape index (κ3) is 1.67. The number of carboxylic acids is 1. The van der Waals surface area contributed by atoms with Crippen LogP contribution in [-0.4, -0.2) is 18.2 Å². The lowest BCUT2D eigenvalue weighted by Gasteiger charge is -2.14. The van der Waals surface area contributed by atoms with E-state index in [-0.39, 0.29) is 0 Å². The van der Waals surface area contributed by atoms with Crippen LogP contribution in [0.3, 0.4) is 0 Å². The van der Waals surface area contributed by atoms with Crippen LogP contribution in [0.1, 0.15) is 19.8 Å². The van der Waals surface area contributed by atoms with E-state index in [1.54, 1.807) is 6.08 Å². The van der Waals surface area contributed by atoms with Crippen molar-refractivity contribution < 1.29 is 14.6 Å². The molecule has 0 bridgehead atoms. The molecule has 0 saturated heterocycles. The Hall–Kier alpha value is -1.25. The van der Waals surface area contributed by atoms with Gasteiger partial charge in [-0.05, 0) is 19.4 Å². The number of hydrogen-bond acceptors (Lipinski definition) is 2. The molecule has 0 aromatic carbocycles. The normalized spacial score (nSPS) is 17.3. The number of allylic oxidation sites excluding steroid dienone is 2. The van der Waals surface area contributed by atoms with Gasteiger partial charge in [-0.2, -0.15) is 0 Å². The lowest BCUT2D eigenvalue weighted by atomic mass is 9.99. The van der Waals surface area contributed by atoms with Gasteiger partial charge in [0.05, 0.1) is 12.7 Å². The molecule has 66 valence electrons. The smallest absolute Gasteiger partial charge is 0.339 e. The molecule has 1 N–H and O–H groups in total. The molecule has 0 fully saturated rings. The van der Waals surface area contributed by atoms with E-state index >= 15 is 0 Å². The Kier molecular flexibility index (Phi) is 2.53. The SMILES string of the molecule is COC1=C(C(=O)O)C=C(C)CC1. The number of methoxy groups -OCH3 is 1. The van der Waals surface area contributed by atoms with Crippen LogP contribution in [0.2, 0.25) is 0 Å². The van der Waals surface area contributed by atoms with Gasteiger partial charge >= 0.3 is 5.97 Å². The second kappa shape index (κ2) is 3.43. The molecule has 0 spiro atoms. The van der Waals surface area contributed by atoms with E-state index in [9.17, 15) is 4.79 Å². The van der Waals surface area contributed by atoms with Crippen LogP contribution >= 0.6 is 0 Å². The maximum absolute atomic E-state index is 10.7. The minimum Gasteiger partial charge on any atom is -0.500 e. The molecule has 3 nitrogen and oxygen atoms in total. The van der Waals surface area contributed by atoms with Gasteiger partial charge in [0.1, 0.15) is 5.76 Å². The van der Waals surface area contributed by atoms with Crippen LogP contribution in [0.25, 0.3) is 0 Å². The molecule has 1 aliphatic rings. The van der Waals surface area contributed by atoms with E-state index in [0.717, 1.165) is 12.0 Å². The lowest BCUT2D eigenvalue weighted by Crippen LogP contribution is -2.08. The highest BCUT2D eigenvalue weighted by molar-refractivity contribution is 5.90. The lowest BCUT2D eigenvalue weighted by molar-refractivity contribution is -0.132. The first-order valence-corrected chi connectivity index (χ1v) is 3.82. The largest absolute Gasteiger partial charge is 0.500 e. The first-order valence-electron chi connectivity index (χ1n) is 3.82. The fraction of sp³-hybridized carbons (Fsp3) is 0.444. The third-order valence-electron chi connectivity index (χ3n) is 1.91. The molecule has 0 unspecified atom stereocenters. The number of carboxylic acid groups (broad SMARTS) is 1. The zero-order valence-electron chi connectivity index (χ0n) is 7.26. The van der Waals surface area contributed by atoms with Crippen LogP contribution < -0.4 is 0 Å². The van der Waals surface area contributed by atoms with E-state index in [4.69, 9.17) is 9.84 Å². The summed E-state index contributed by atoms with van der Waals surface area (Å²) in [6.07, 6.45) is 3.26. The van der Waals surface area contributed by atoms with Crippen molar-refractivity contribution in [3.05, 3.63) is 23.0 Å². The van der Waals surface area contributed by atoms with Crippen molar-refractivity contribution in [2.24, 2.45) is 0 Å². The van der Waals surface area contributed by atoms with Crippen molar-refractivity contribution in [1.29, 1.82) is 0 Å². The van der Waals surface area contributed by atoms with Crippen molar-refractivity contribution in [3.8, 4) is 0 Å². The van der Waals surface area contributed by atoms with Crippen molar-refractivity contribution in [1.82, 2.24) is 0 Å². The zero-order chi connectivity index (χ0) is 9.14. The molecule has 1 rings (SSSR count). The van der Waals surface area contributed by atoms with Gasteiger partial charge in [0, 0.05) is 6.42 Å². The number of carbonyl (C=O) groups is 1. The first-order chi connectivity index (χ1) is 5.65. The molecule has 0 aliphatic heterocycles. The number of rotatable bonds is 2. The molecule has 3 heteroatoms. The molecule has 0 aromatic heterocycles. The van der Waals surface area contributed by atoms with Gasteiger partial charge in [-0.15, -0.1) is 0 Å². The Labute approximate surface area is 71.3 Å². The predicted octanol–water partition coefficient (Wildman–Crippen LogP) is 1.71. The number of aliphatic carboxylic acids is 1. The standard InChI is InChI=1S/C9H12O3/c1-6-3-4-8(12-2)7(5-6)9(10)11/h5H,3-4H2,1-2H3,(H,10,11). The molecule has 0 saturated carbocycles. The van der Waals surface area contributed by atoms with Crippen molar-refractivity contribution in [2.75, 3.05) is 7.11 Å². The zero-order valence-corrected chi connectivity index (χ0v) is 7.26. The van der Waals surface area contributed by atoms with Gasteiger partial charge in [0.25, 0.3) is 0 Å². The average molecular weight is 168 g/mol. The van der Waals surface area contributed by atoms with Crippen molar-refractivity contribution in [2.45, 2.75) is 19.8 Å². The van der Waals surface area contributed by atoms with Crippen LogP contribution in [0.5, 0.6) is 0 Å². The highest BCUT2D eigenvalue weighted by Crippen LogP contribution is 2.23. The summed E-state index contributed by atoms with van der Waals surface area (Å²) in [6.45, 7) is 1.93. The summed E-state index contributed by atoms with van der Waals surface area (Å²) in [4.78, 5) is 10.7. The van der Waals surface area contributed by atoms with Crippen LogP contribution in [-0.2, 0) is 9.53 Å². The Morgan fingerprint density at radius 3 is 2.75 bits per heavy atom. The number of hydrogen-bond donors (Lipinski definition) is 1. The first kappa shape index (κ1) is 8.84. The summed E-state index contributed by atoms with van der Waals surface area (Å²) in [5, 5.41) is 8.78. The van der Waals surface area contributed by atoms with E-state index < -0.39 is 5.97 Å². The quantitative estimate of drug-likeness (QED) is 0.682. The molecule has 0 aromatic rings. The fourth-order valence-corrected chi connectivity index (χ4v) is 1.24. The van der Waals surface area contributed by atoms with Gasteiger partial charge in [0.2, 0.25) is 0 Å². The van der Waals surface area contributed by atoms with E-state index in [1.807, 2.05) is 6.92 Å². The molecule has 0 heterocycles. The molecular weight excluding hydrogens is 156 g/mol. The summed E-state index contributed by atoms with van der Waals surface area (Å²) in [7, 11) is 1.51. The van der Waals surface area contributed by atoms with Gasteiger partial charge in [-0.1, -0.05) is 5.57 Å². The minimum atomic E-state index is -0.911. The Morgan fingerprint density at radius 2 is 2.25 bits per heavy atom. The van der Waals surface area contributed by atoms with Crippen molar-refractivity contribution in [3.63, 3.8) is 0 Å². The van der Waals surface area contributed by atoms with E-state index in [0.29, 0.717) is 17.8 Å². The summed E-state index contributed by atoms with van der Waals surface area (Å²) in [5.74, 6) is -0.334. The third-order valence-corrected chi connectivity index (χ3v) is 1.91. The topological polar surface area (TPSA) is 46.5 Å². The predicted molar refractivity (Wildman–Crippen MR) is 44.7 cm³/mol. The van der Waals surface area contributed by atoms with Crippen LogP contribution in [0, 0.1) is 0 Å². The highest BCUT2D eigenvalue weighted by Gasteiger charge is 2.16. The van der Waals surface area contributed by atoms with Crippen molar-refractivity contribution >= 4 is 5.97 Å². The Balaban J connectivity index is 3.00. The summed E-state index contributed by atoms with van der Waals surface area (Å²) >= 11 is 0. The summed E-state index contributed by atoms with van der Waals surface area (Å²) < 4.78 is 4.97. The maximum atomic E-state index is 10.7. The van der Waals surface area contributed by atoms with Crippen LogP contribution in [0.4, 0.5) is 0 Å². The second-order valence-electron chi connectivity index (χ2n) is 2.84. The monoisotopic (exact) mass is 168 g/mol. The highest BCUT2D eigenvalue weighted by atomic mass is 16.5. The Morgan fingerprint density at radius 1 is 1.58 bits per heavy atom. The number of ether oxygens (including phenoxy) is 1. The molecule has 12 heavy (non-hydrogen) atoms. The van der Waals surface area contributed by atoms with Gasteiger partial charge in [0.15, 0.2) is 0 Å². The summed E-state index contributed by atoms with van der Waals surface area (Å²) in [5.41, 5.74) is 1.38. The average Bonchev–Trinajstić information content (AvgIpc) is 2.04. The van der Waals surface area contributed by atoms with E-state index in [2.05, 4.69) is 0 Å². The minimum absolute atomic E-state index is 0.293. The second-order valence-corrected chi connectivity index (χ2v) is 2.84. The summed E-state index contributed by atoms with van der Waals surface area (Å²) in [6, 6.07) is 0. The molecular formula is C9H12O3. The molecule has 0 atom stereocenters. The molecule has 0 radical (unpaired) electrons. The van der Waals surface area contributed by atoms with Gasteiger partial charge in [-0.25, -0.2) is 4.79 Å². The molecule has 1 aliphatic carbocycles. The Bertz CT molecular complexity index is 261. The van der Waals surface area contributed by atoms with Crippen LogP contribution in [0.15, 0.2) is 23.0 Å². The van der Waals surface area contributed by atoms with E-state index in [1.165, 1.54) is 7.11 Å². The van der Waals surface area contributed by atoms with Gasteiger partial charge in [-0.3, -0.25) is 0 Å².